The first-order valence-electron chi connectivity index (χ1n) is 5.13. The van der Waals surface area contributed by atoms with Crippen LogP contribution in [0.5, 0.6) is 0 Å². The Morgan fingerprint density at radius 1 is 1.18 bits per heavy atom. The minimum absolute atomic E-state index is 0.439. The number of nitrogens with one attached hydrogen (secondary N) is 1. The fourth-order valence-corrected chi connectivity index (χ4v) is 1.49. The second kappa shape index (κ2) is 4.17. The van der Waals surface area contributed by atoms with E-state index >= 15 is 0 Å². The molecule has 2 heterocycles. The Balaban J connectivity index is 1.81. The van der Waals surface area contributed by atoms with Crippen molar-refractivity contribution in [3.8, 4) is 0 Å². The highest BCUT2D eigenvalue weighted by atomic mass is 16.5. The number of benzene rings is 1. The first-order valence-corrected chi connectivity index (χ1v) is 5.13. The Bertz CT molecular complexity index is 623. The van der Waals surface area contributed by atoms with Crippen molar-refractivity contribution < 1.29 is 4.52 Å². The molecule has 0 spiro atoms. The van der Waals surface area contributed by atoms with Crippen LogP contribution in [0.15, 0.2) is 41.4 Å². The van der Waals surface area contributed by atoms with E-state index < -0.39 is 0 Å². The number of nitrogens with zero attached hydrogens (tertiary/aromatic N) is 4. The molecule has 3 rings (SSSR count). The summed E-state index contributed by atoms with van der Waals surface area (Å²) in [4.78, 5) is 12.5. The van der Waals surface area contributed by atoms with Crippen molar-refractivity contribution in [2.75, 3.05) is 5.32 Å². The molecule has 0 bridgehead atoms. The van der Waals surface area contributed by atoms with Crippen molar-refractivity contribution in [1.82, 2.24) is 20.1 Å². The van der Waals surface area contributed by atoms with E-state index in [0.717, 1.165) is 10.9 Å². The summed E-state index contributed by atoms with van der Waals surface area (Å²) in [5.74, 6) is 1.12. The lowest BCUT2D eigenvalue weighted by atomic mass is 10.2. The molecule has 1 N–H and O–H groups in total. The molecular weight excluding hydrogens is 218 g/mol. The van der Waals surface area contributed by atoms with Crippen molar-refractivity contribution in [3.05, 3.63) is 42.7 Å². The lowest BCUT2D eigenvalue weighted by molar-refractivity contribution is 0.411. The highest BCUT2D eigenvalue weighted by molar-refractivity contribution is 5.78. The Hall–Kier alpha value is -2.50. The predicted octanol–water partition coefficient (Wildman–Crippen LogP) is 1.62. The van der Waals surface area contributed by atoms with Gasteiger partial charge in [0, 0.05) is 11.6 Å². The van der Waals surface area contributed by atoms with Gasteiger partial charge in [0.1, 0.15) is 0 Å². The van der Waals surface area contributed by atoms with Crippen LogP contribution in [0.4, 0.5) is 5.95 Å². The second-order valence-corrected chi connectivity index (χ2v) is 3.45. The van der Waals surface area contributed by atoms with Crippen molar-refractivity contribution in [3.63, 3.8) is 0 Å². The van der Waals surface area contributed by atoms with Gasteiger partial charge in [-0.2, -0.15) is 4.98 Å². The molecule has 0 saturated carbocycles. The fraction of sp³-hybridized carbons (Fsp3) is 0.0909. The predicted molar refractivity (Wildman–Crippen MR) is 61.2 cm³/mol. The zero-order valence-corrected chi connectivity index (χ0v) is 8.87. The quantitative estimate of drug-likeness (QED) is 0.732. The number of hydrogen-bond donors (Lipinski definition) is 1. The van der Waals surface area contributed by atoms with Crippen molar-refractivity contribution in [2.45, 2.75) is 6.54 Å². The number of hydrogen-bond acceptors (Lipinski definition) is 6. The van der Waals surface area contributed by atoms with Gasteiger partial charge >= 0.3 is 0 Å². The lowest BCUT2D eigenvalue weighted by Crippen LogP contribution is -2.04. The summed E-state index contributed by atoms with van der Waals surface area (Å²) >= 11 is 0. The molecule has 0 aliphatic carbocycles. The van der Waals surface area contributed by atoms with E-state index in [0.29, 0.717) is 18.3 Å². The number of para-hydroxylation sites is 1. The Morgan fingerprint density at radius 3 is 3.00 bits per heavy atom. The molecule has 0 atom stereocenters. The summed E-state index contributed by atoms with van der Waals surface area (Å²) in [5, 5.41) is 7.73. The van der Waals surface area contributed by atoms with E-state index in [1.165, 1.54) is 6.39 Å². The van der Waals surface area contributed by atoms with Gasteiger partial charge in [-0.3, -0.25) is 0 Å². The van der Waals surface area contributed by atoms with Gasteiger partial charge in [-0.1, -0.05) is 23.4 Å². The summed E-state index contributed by atoms with van der Waals surface area (Å²) in [5.41, 5.74) is 0.901. The largest absolute Gasteiger partial charge is 0.347 e. The van der Waals surface area contributed by atoms with Gasteiger partial charge in [0.15, 0.2) is 5.82 Å². The molecule has 6 heteroatoms. The molecule has 3 aromatic rings. The molecule has 6 nitrogen and oxygen atoms in total. The van der Waals surface area contributed by atoms with Crippen LogP contribution in [0.3, 0.4) is 0 Å². The van der Waals surface area contributed by atoms with E-state index in [4.69, 9.17) is 0 Å². The van der Waals surface area contributed by atoms with E-state index in [1.54, 1.807) is 6.20 Å². The lowest BCUT2D eigenvalue weighted by Gasteiger charge is -2.02. The summed E-state index contributed by atoms with van der Waals surface area (Å²) < 4.78 is 4.63. The van der Waals surface area contributed by atoms with Crippen LogP contribution in [0, 0.1) is 0 Å². The topological polar surface area (TPSA) is 76.7 Å². The maximum atomic E-state index is 4.63. The fourth-order valence-electron chi connectivity index (χ4n) is 1.49. The summed E-state index contributed by atoms with van der Waals surface area (Å²) in [6.45, 7) is 0.439. The highest BCUT2D eigenvalue weighted by Gasteiger charge is 2.01. The van der Waals surface area contributed by atoms with Gasteiger partial charge in [0.25, 0.3) is 0 Å². The number of rotatable bonds is 3. The number of anilines is 1. The molecule has 0 radical (unpaired) electrons. The van der Waals surface area contributed by atoms with Gasteiger partial charge in [-0.15, -0.1) is 0 Å². The molecule has 17 heavy (non-hydrogen) atoms. The average molecular weight is 227 g/mol. The first-order chi connectivity index (χ1) is 8.42. The van der Waals surface area contributed by atoms with Crippen molar-refractivity contribution >= 4 is 16.9 Å². The molecule has 84 valence electrons. The normalized spacial score (nSPS) is 10.6. The summed E-state index contributed by atoms with van der Waals surface area (Å²) in [7, 11) is 0. The van der Waals surface area contributed by atoms with Crippen molar-refractivity contribution in [2.24, 2.45) is 0 Å². The highest BCUT2D eigenvalue weighted by Crippen LogP contribution is 2.11. The van der Waals surface area contributed by atoms with Crippen LogP contribution in [0.25, 0.3) is 10.9 Å². The van der Waals surface area contributed by atoms with Crippen LogP contribution in [0.1, 0.15) is 5.82 Å². The molecule has 1 aromatic carbocycles. The van der Waals surface area contributed by atoms with Crippen LogP contribution >= 0.6 is 0 Å². The van der Waals surface area contributed by atoms with Gasteiger partial charge in [-0.25, -0.2) is 9.97 Å². The monoisotopic (exact) mass is 227 g/mol. The van der Waals surface area contributed by atoms with Crippen LogP contribution in [0.2, 0.25) is 0 Å². The third-order valence-corrected chi connectivity index (χ3v) is 2.30. The van der Waals surface area contributed by atoms with Crippen molar-refractivity contribution in [1.29, 1.82) is 0 Å². The number of aromatic nitrogens is 4. The molecular formula is C11H9N5O. The minimum Gasteiger partial charge on any atom is -0.347 e. The maximum Gasteiger partial charge on any atom is 0.223 e. The maximum absolute atomic E-state index is 4.63. The van der Waals surface area contributed by atoms with E-state index in [-0.39, 0.29) is 0 Å². The summed E-state index contributed by atoms with van der Waals surface area (Å²) in [6, 6.07) is 7.81. The minimum atomic E-state index is 0.439. The van der Waals surface area contributed by atoms with Gasteiger partial charge in [-0.05, 0) is 6.07 Å². The Labute approximate surface area is 96.7 Å². The molecule has 0 aliphatic heterocycles. The van der Waals surface area contributed by atoms with E-state index in [9.17, 15) is 0 Å². The summed E-state index contributed by atoms with van der Waals surface area (Å²) in [6.07, 6.45) is 3.07. The molecule has 0 unspecified atom stereocenters. The van der Waals surface area contributed by atoms with Crippen LogP contribution in [-0.2, 0) is 6.54 Å². The Kier molecular flexibility index (Phi) is 2.38. The molecule has 0 aliphatic rings. The SMILES string of the molecule is c1ccc2nc(NCc3ncon3)ncc2c1. The van der Waals surface area contributed by atoms with E-state index in [1.807, 2.05) is 24.3 Å². The molecule has 0 saturated heterocycles. The zero-order chi connectivity index (χ0) is 11.5. The van der Waals surface area contributed by atoms with Crippen LogP contribution in [-0.4, -0.2) is 20.1 Å². The van der Waals surface area contributed by atoms with Gasteiger partial charge in [0.2, 0.25) is 12.3 Å². The first kappa shape index (κ1) is 9.71. The molecule has 0 amide bonds. The second-order valence-electron chi connectivity index (χ2n) is 3.45. The smallest absolute Gasteiger partial charge is 0.223 e. The molecule has 0 fully saturated rings. The average Bonchev–Trinajstić information content (AvgIpc) is 2.89. The van der Waals surface area contributed by atoms with Gasteiger partial charge < -0.3 is 9.84 Å². The zero-order valence-electron chi connectivity index (χ0n) is 8.87. The number of fused-ring (bicyclic) bond motifs is 1. The molecule has 2 aromatic heterocycles. The van der Waals surface area contributed by atoms with Gasteiger partial charge in [0.05, 0.1) is 12.1 Å². The third kappa shape index (κ3) is 2.05. The van der Waals surface area contributed by atoms with Crippen LogP contribution < -0.4 is 5.32 Å². The van der Waals surface area contributed by atoms with E-state index in [2.05, 4.69) is 29.9 Å². The standard InChI is InChI=1S/C11H9N5O/c1-2-4-9-8(3-1)5-12-11(15-9)13-6-10-14-7-17-16-10/h1-5,7H,6H2,(H,12,13,15). The third-order valence-electron chi connectivity index (χ3n) is 2.30. The Morgan fingerprint density at radius 2 is 2.12 bits per heavy atom.